The third-order valence-corrected chi connectivity index (χ3v) is 5.94. The molecule has 1 amide bonds. The van der Waals surface area contributed by atoms with E-state index in [1.54, 1.807) is 0 Å². The Labute approximate surface area is 146 Å². The van der Waals surface area contributed by atoms with Crippen molar-refractivity contribution in [3.8, 4) is 0 Å². The molecule has 2 saturated heterocycles. The Hall–Kier alpha value is -1.39. The molecule has 2 fully saturated rings. The van der Waals surface area contributed by atoms with Crippen molar-refractivity contribution in [1.29, 1.82) is 0 Å². The van der Waals surface area contributed by atoms with E-state index in [0.29, 0.717) is 17.9 Å². The van der Waals surface area contributed by atoms with Gasteiger partial charge in [0.15, 0.2) is 0 Å². The topological polar surface area (TPSA) is 35.6 Å². The molecule has 2 aliphatic rings. The number of hydrogen-bond acceptors (Lipinski definition) is 3. The Balaban J connectivity index is 1.69. The molecule has 0 unspecified atom stereocenters. The van der Waals surface area contributed by atoms with E-state index in [-0.39, 0.29) is 5.91 Å². The van der Waals surface area contributed by atoms with Crippen LogP contribution >= 0.6 is 0 Å². The van der Waals surface area contributed by atoms with Crippen molar-refractivity contribution < 1.29 is 4.79 Å². The summed E-state index contributed by atoms with van der Waals surface area (Å²) in [7, 11) is 1.84. The molecular formula is C20H31N3O. The van der Waals surface area contributed by atoms with Gasteiger partial charge in [-0.05, 0) is 49.8 Å². The van der Waals surface area contributed by atoms with Gasteiger partial charge in [-0.2, -0.15) is 0 Å². The van der Waals surface area contributed by atoms with Crippen molar-refractivity contribution >= 4 is 5.91 Å². The van der Waals surface area contributed by atoms with Gasteiger partial charge in [0.1, 0.15) is 0 Å². The first-order chi connectivity index (χ1) is 11.7. The number of hydrogen-bond donors (Lipinski definition) is 1. The highest BCUT2D eigenvalue weighted by Crippen LogP contribution is 2.44. The molecule has 1 N–H and O–H groups in total. The van der Waals surface area contributed by atoms with E-state index in [0.717, 1.165) is 32.5 Å². The van der Waals surface area contributed by atoms with Crippen LogP contribution in [0.1, 0.15) is 37.7 Å². The summed E-state index contributed by atoms with van der Waals surface area (Å²) < 4.78 is 0. The zero-order valence-electron chi connectivity index (χ0n) is 15.1. The maximum atomic E-state index is 12.1. The Morgan fingerprint density at radius 3 is 2.58 bits per heavy atom. The van der Waals surface area contributed by atoms with Crippen LogP contribution in [0.5, 0.6) is 0 Å². The lowest BCUT2D eigenvalue weighted by Gasteiger charge is -2.50. The third-order valence-electron chi connectivity index (χ3n) is 5.94. The molecule has 0 radical (unpaired) electrons. The lowest BCUT2D eigenvalue weighted by atomic mass is 9.68. The Kier molecular flexibility index (Phi) is 5.57. The fraction of sp³-hybridized carbons (Fsp3) is 0.650. The van der Waals surface area contributed by atoms with E-state index < -0.39 is 0 Å². The van der Waals surface area contributed by atoms with Gasteiger partial charge in [-0.15, -0.1) is 0 Å². The molecular weight excluding hydrogens is 298 g/mol. The number of nitrogens with one attached hydrogen (secondary N) is 1. The van der Waals surface area contributed by atoms with Crippen molar-refractivity contribution in [3.63, 3.8) is 0 Å². The minimum absolute atomic E-state index is 0.245. The second-order valence-electron chi connectivity index (χ2n) is 7.55. The molecule has 3 rings (SSSR count). The standard InChI is InChI=1S/C20H31N3O/c1-3-22-15-18(17-7-5-4-6-8-17)13-20(16-22)9-11-23(12-10-20)19(24)14-21-2/h4-8,18,21H,3,9-16H2,1-2H3/t18-/m0/s1. The molecule has 0 aliphatic carbocycles. The van der Waals surface area contributed by atoms with Gasteiger partial charge in [0.05, 0.1) is 6.54 Å². The van der Waals surface area contributed by atoms with Crippen molar-refractivity contribution in [3.05, 3.63) is 35.9 Å². The van der Waals surface area contributed by atoms with Crippen LogP contribution in [0.4, 0.5) is 0 Å². The number of benzene rings is 1. The van der Waals surface area contributed by atoms with Crippen LogP contribution in [0.2, 0.25) is 0 Å². The Bertz CT molecular complexity index is 537. The van der Waals surface area contributed by atoms with E-state index in [9.17, 15) is 4.79 Å². The lowest BCUT2D eigenvalue weighted by Crippen LogP contribution is -2.53. The van der Waals surface area contributed by atoms with Crippen molar-refractivity contribution in [2.45, 2.75) is 32.1 Å². The highest BCUT2D eigenvalue weighted by Gasteiger charge is 2.42. The van der Waals surface area contributed by atoms with E-state index in [2.05, 4.69) is 47.5 Å². The summed E-state index contributed by atoms with van der Waals surface area (Å²) in [4.78, 5) is 16.8. The average Bonchev–Trinajstić information content (AvgIpc) is 2.63. The first kappa shape index (κ1) is 17.4. The molecule has 1 spiro atoms. The van der Waals surface area contributed by atoms with E-state index in [4.69, 9.17) is 0 Å². The van der Waals surface area contributed by atoms with Crippen LogP contribution in [0, 0.1) is 5.41 Å². The second kappa shape index (κ2) is 7.66. The first-order valence-corrected chi connectivity index (χ1v) is 9.35. The average molecular weight is 329 g/mol. The SMILES string of the molecule is CCN1C[C@@H](c2ccccc2)CC2(CCN(C(=O)CNC)CC2)C1. The molecule has 0 bridgehead atoms. The number of likely N-dealkylation sites (N-methyl/N-ethyl adjacent to an activating group) is 2. The van der Waals surface area contributed by atoms with E-state index in [1.807, 2.05) is 11.9 Å². The number of amides is 1. The van der Waals surface area contributed by atoms with Crippen LogP contribution < -0.4 is 5.32 Å². The number of nitrogens with zero attached hydrogens (tertiary/aromatic N) is 2. The van der Waals surface area contributed by atoms with Crippen LogP contribution in [-0.4, -0.2) is 62.0 Å². The molecule has 1 aromatic rings. The fourth-order valence-electron chi connectivity index (χ4n) is 4.55. The monoisotopic (exact) mass is 329 g/mol. The maximum absolute atomic E-state index is 12.1. The summed E-state index contributed by atoms with van der Waals surface area (Å²) in [6.45, 7) is 8.05. The van der Waals surface area contributed by atoms with Crippen LogP contribution in [-0.2, 0) is 4.79 Å². The first-order valence-electron chi connectivity index (χ1n) is 9.35. The van der Waals surface area contributed by atoms with Gasteiger partial charge in [-0.3, -0.25) is 4.79 Å². The van der Waals surface area contributed by atoms with Gasteiger partial charge in [-0.25, -0.2) is 0 Å². The normalized spacial score (nSPS) is 24.2. The molecule has 132 valence electrons. The summed E-state index contributed by atoms with van der Waals surface area (Å²) in [6, 6.07) is 11.0. The molecule has 2 aliphatic heterocycles. The third kappa shape index (κ3) is 3.81. The molecule has 1 aromatic carbocycles. The molecule has 24 heavy (non-hydrogen) atoms. The number of carbonyl (C=O) groups excluding carboxylic acids is 1. The van der Waals surface area contributed by atoms with Crippen LogP contribution in [0.25, 0.3) is 0 Å². The summed E-state index contributed by atoms with van der Waals surface area (Å²) in [5.74, 6) is 0.870. The van der Waals surface area contributed by atoms with Crippen LogP contribution in [0.3, 0.4) is 0 Å². The lowest BCUT2D eigenvalue weighted by molar-refractivity contribution is -0.133. The molecule has 4 nitrogen and oxygen atoms in total. The summed E-state index contributed by atoms with van der Waals surface area (Å²) in [6.07, 6.45) is 3.55. The van der Waals surface area contributed by atoms with Gasteiger partial charge >= 0.3 is 0 Å². The fourth-order valence-corrected chi connectivity index (χ4v) is 4.55. The largest absolute Gasteiger partial charge is 0.342 e. The predicted molar refractivity (Wildman–Crippen MR) is 98.1 cm³/mol. The Morgan fingerprint density at radius 1 is 1.25 bits per heavy atom. The van der Waals surface area contributed by atoms with Gasteiger partial charge in [-0.1, -0.05) is 37.3 Å². The predicted octanol–water partition coefficient (Wildman–Crippen LogP) is 2.32. The number of likely N-dealkylation sites (tertiary alicyclic amines) is 2. The zero-order valence-corrected chi connectivity index (χ0v) is 15.1. The quantitative estimate of drug-likeness (QED) is 0.921. The molecule has 0 saturated carbocycles. The van der Waals surface area contributed by atoms with Crippen molar-refractivity contribution in [2.24, 2.45) is 5.41 Å². The molecule has 1 atom stereocenters. The number of rotatable bonds is 4. The number of piperidine rings is 2. The van der Waals surface area contributed by atoms with Gasteiger partial charge in [0.2, 0.25) is 5.91 Å². The molecule has 0 aromatic heterocycles. The summed E-state index contributed by atoms with van der Waals surface area (Å²) in [5.41, 5.74) is 1.86. The molecule has 4 heteroatoms. The van der Waals surface area contributed by atoms with Gasteiger partial charge in [0, 0.05) is 26.2 Å². The number of carbonyl (C=O) groups is 1. The minimum atomic E-state index is 0.245. The van der Waals surface area contributed by atoms with E-state index >= 15 is 0 Å². The summed E-state index contributed by atoms with van der Waals surface area (Å²) >= 11 is 0. The van der Waals surface area contributed by atoms with Crippen molar-refractivity contribution in [1.82, 2.24) is 15.1 Å². The zero-order chi connectivity index (χ0) is 17.0. The van der Waals surface area contributed by atoms with Gasteiger partial charge in [0.25, 0.3) is 0 Å². The smallest absolute Gasteiger partial charge is 0.236 e. The highest BCUT2D eigenvalue weighted by molar-refractivity contribution is 5.78. The van der Waals surface area contributed by atoms with Crippen molar-refractivity contribution in [2.75, 3.05) is 46.3 Å². The second-order valence-corrected chi connectivity index (χ2v) is 7.55. The Morgan fingerprint density at radius 2 is 1.96 bits per heavy atom. The van der Waals surface area contributed by atoms with E-state index in [1.165, 1.54) is 25.1 Å². The minimum Gasteiger partial charge on any atom is -0.342 e. The maximum Gasteiger partial charge on any atom is 0.236 e. The van der Waals surface area contributed by atoms with Gasteiger partial charge < -0.3 is 15.1 Å². The molecule has 2 heterocycles. The van der Waals surface area contributed by atoms with Crippen LogP contribution in [0.15, 0.2) is 30.3 Å². The summed E-state index contributed by atoms with van der Waals surface area (Å²) in [5, 5.41) is 2.98. The highest BCUT2D eigenvalue weighted by atomic mass is 16.2.